The molecule has 1 fully saturated rings. The molecule has 0 saturated carbocycles. The summed E-state index contributed by atoms with van der Waals surface area (Å²) in [5.41, 5.74) is 7.05. The first-order valence-electron chi connectivity index (χ1n) is 6.22. The highest BCUT2D eigenvalue weighted by molar-refractivity contribution is 6.31. The predicted octanol–water partition coefficient (Wildman–Crippen LogP) is 1.63. The molecule has 17 heavy (non-hydrogen) atoms. The summed E-state index contributed by atoms with van der Waals surface area (Å²) in [6.07, 6.45) is 4.09. The van der Waals surface area contributed by atoms with Gasteiger partial charge in [-0.2, -0.15) is 5.10 Å². The van der Waals surface area contributed by atoms with E-state index in [-0.39, 0.29) is 0 Å². The van der Waals surface area contributed by atoms with Gasteiger partial charge in [0.05, 0.1) is 16.9 Å². The predicted molar refractivity (Wildman–Crippen MR) is 69.9 cm³/mol. The van der Waals surface area contributed by atoms with E-state index in [4.69, 9.17) is 17.3 Å². The molecule has 1 unspecified atom stereocenters. The first kappa shape index (κ1) is 12.9. The lowest BCUT2D eigenvalue weighted by molar-refractivity contribution is 0.162. The Kier molecular flexibility index (Phi) is 4.07. The molecule has 0 aliphatic carbocycles. The molecule has 0 aromatic carbocycles. The van der Waals surface area contributed by atoms with E-state index in [1.165, 1.54) is 12.8 Å². The summed E-state index contributed by atoms with van der Waals surface area (Å²) < 4.78 is 1.86. The Labute approximate surface area is 108 Å². The molecule has 1 aliphatic rings. The maximum Gasteiger partial charge on any atom is 0.0831 e. The monoisotopic (exact) mass is 256 g/mol. The van der Waals surface area contributed by atoms with E-state index in [2.05, 4.69) is 16.9 Å². The normalized spacial score (nSPS) is 20.7. The standard InChI is InChI=1S/C12H21ClN4/c1-9(14)10-3-5-17(6-4-10)8-12-11(13)7-15-16(12)2/h7,9-10H,3-6,8,14H2,1-2H3. The fourth-order valence-corrected chi connectivity index (χ4v) is 2.69. The number of piperidine rings is 1. The molecule has 1 saturated heterocycles. The molecule has 1 atom stereocenters. The van der Waals surface area contributed by atoms with Crippen LogP contribution in [-0.4, -0.2) is 33.8 Å². The van der Waals surface area contributed by atoms with Crippen LogP contribution in [0.2, 0.25) is 5.02 Å². The van der Waals surface area contributed by atoms with Gasteiger partial charge in [-0.25, -0.2) is 0 Å². The second-order valence-corrected chi connectivity index (χ2v) is 5.44. The molecule has 0 amide bonds. The van der Waals surface area contributed by atoms with Crippen molar-refractivity contribution in [1.82, 2.24) is 14.7 Å². The van der Waals surface area contributed by atoms with Crippen LogP contribution in [0, 0.1) is 5.92 Å². The highest BCUT2D eigenvalue weighted by atomic mass is 35.5. The number of nitrogens with two attached hydrogens (primary N) is 1. The van der Waals surface area contributed by atoms with Gasteiger partial charge in [0.25, 0.3) is 0 Å². The van der Waals surface area contributed by atoms with E-state index in [9.17, 15) is 0 Å². The van der Waals surface area contributed by atoms with Crippen molar-refractivity contribution in [3.05, 3.63) is 16.9 Å². The van der Waals surface area contributed by atoms with Gasteiger partial charge in [-0.1, -0.05) is 11.6 Å². The Morgan fingerprint density at radius 3 is 2.65 bits per heavy atom. The summed E-state index contributed by atoms with van der Waals surface area (Å²) in [5.74, 6) is 0.674. The minimum absolute atomic E-state index is 0.317. The van der Waals surface area contributed by atoms with E-state index in [1.807, 2.05) is 11.7 Å². The van der Waals surface area contributed by atoms with Crippen molar-refractivity contribution >= 4 is 11.6 Å². The van der Waals surface area contributed by atoms with Crippen LogP contribution in [0.25, 0.3) is 0 Å². The first-order chi connectivity index (χ1) is 8.08. The van der Waals surface area contributed by atoms with Crippen molar-refractivity contribution < 1.29 is 0 Å². The number of hydrogen-bond donors (Lipinski definition) is 1. The number of nitrogens with zero attached hydrogens (tertiary/aromatic N) is 3. The molecular formula is C12H21ClN4. The van der Waals surface area contributed by atoms with Crippen molar-refractivity contribution in [3.63, 3.8) is 0 Å². The van der Waals surface area contributed by atoms with Crippen LogP contribution >= 0.6 is 11.6 Å². The highest BCUT2D eigenvalue weighted by Gasteiger charge is 2.22. The summed E-state index contributed by atoms with van der Waals surface area (Å²) in [4.78, 5) is 2.43. The van der Waals surface area contributed by atoms with Crippen LogP contribution in [0.15, 0.2) is 6.20 Å². The van der Waals surface area contributed by atoms with Crippen LogP contribution in [0.4, 0.5) is 0 Å². The molecule has 2 N–H and O–H groups in total. The number of likely N-dealkylation sites (tertiary alicyclic amines) is 1. The third kappa shape index (κ3) is 3.00. The van der Waals surface area contributed by atoms with Crippen LogP contribution in [-0.2, 0) is 13.6 Å². The Balaban J connectivity index is 1.90. The van der Waals surface area contributed by atoms with Gasteiger partial charge in [0.1, 0.15) is 0 Å². The second kappa shape index (κ2) is 5.38. The zero-order valence-electron chi connectivity index (χ0n) is 10.6. The SMILES string of the molecule is CC(N)C1CCN(Cc2c(Cl)cnn2C)CC1. The highest BCUT2D eigenvalue weighted by Crippen LogP contribution is 2.23. The minimum Gasteiger partial charge on any atom is -0.328 e. The number of halogens is 1. The van der Waals surface area contributed by atoms with Gasteiger partial charge in [0.15, 0.2) is 0 Å². The van der Waals surface area contributed by atoms with Crippen LogP contribution in [0.1, 0.15) is 25.5 Å². The minimum atomic E-state index is 0.317. The summed E-state index contributed by atoms with van der Waals surface area (Å²) >= 11 is 6.11. The van der Waals surface area contributed by atoms with E-state index in [0.717, 1.165) is 30.4 Å². The van der Waals surface area contributed by atoms with Gasteiger partial charge in [0, 0.05) is 19.6 Å². The lowest BCUT2D eigenvalue weighted by Crippen LogP contribution is -2.39. The summed E-state index contributed by atoms with van der Waals surface area (Å²) in [5, 5.41) is 4.93. The zero-order valence-corrected chi connectivity index (χ0v) is 11.3. The number of aryl methyl sites for hydroxylation is 1. The van der Waals surface area contributed by atoms with Gasteiger partial charge in [0.2, 0.25) is 0 Å². The fraction of sp³-hybridized carbons (Fsp3) is 0.750. The Morgan fingerprint density at radius 1 is 1.53 bits per heavy atom. The molecule has 1 aromatic rings. The number of rotatable bonds is 3. The maximum absolute atomic E-state index is 6.11. The number of hydrogen-bond acceptors (Lipinski definition) is 3. The van der Waals surface area contributed by atoms with E-state index < -0.39 is 0 Å². The molecule has 2 rings (SSSR count). The van der Waals surface area contributed by atoms with Crippen molar-refractivity contribution in [2.45, 2.75) is 32.4 Å². The van der Waals surface area contributed by atoms with Crippen LogP contribution in [0.5, 0.6) is 0 Å². The van der Waals surface area contributed by atoms with Gasteiger partial charge >= 0.3 is 0 Å². The Morgan fingerprint density at radius 2 is 2.18 bits per heavy atom. The molecule has 0 bridgehead atoms. The topological polar surface area (TPSA) is 47.1 Å². The van der Waals surface area contributed by atoms with E-state index >= 15 is 0 Å². The average molecular weight is 257 g/mol. The maximum atomic E-state index is 6.11. The summed E-state index contributed by atoms with van der Waals surface area (Å²) in [7, 11) is 1.94. The van der Waals surface area contributed by atoms with Crippen LogP contribution < -0.4 is 5.73 Å². The van der Waals surface area contributed by atoms with E-state index in [1.54, 1.807) is 6.20 Å². The molecule has 4 nitrogen and oxygen atoms in total. The summed E-state index contributed by atoms with van der Waals surface area (Å²) in [6.45, 7) is 5.21. The van der Waals surface area contributed by atoms with Crippen molar-refractivity contribution in [2.75, 3.05) is 13.1 Å². The molecule has 96 valence electrons. The van der Waals surface area contributed by atoms with Gasteiger partial charge < -0.3 is 5.73 Å². The Bertz CT molecular complexity index is 347. The summed E-state index contributed by atoms with van der Waals surface area (Å²) in [6, 6.07) is 0.317. The molecule has 1 aliphatic heterocycles. The lowest BCUT2D eigenvalue weighted by atomic mass is 9.91. The first-order valence-corrected chi connectivity index (χ1v) is 6.60. The zero-order chi connectivity index (χ0) is 12.4. The van der Waals surface area contributed by atoms with Crippen molar-refractivity contribution in [2.24, 2.45) is 18.7 Å². The smallest absolute Gasteiger partial charge is 0.0831 e. The molecular weight excluding hydrogens is 236 g/mol. The van der Waals surface area contributed by atoms with Crippen molar-refractivity contribution in [1.29, 1.82) is 0 Å². The number of aromatic nitrogens is 2. The largest absolute Gasteiger partial charge is 0.328 e. The molecule has 5 heteroatoms. The quantitative estimate of drug-likeness (QED) is 0.894. The lowest BCUT2D eigenvalue weighted by Gasteiger charge is -2.33. The average Bonchev–Trinajstić information content (AvgIpc) is 2.61. The molecule has 0 radical (unpaired) electrons. The molecule has 1 aromatic heterocycles. The van der Waals surface area contributed by atoms with Gasteiger partial charge in [-0.15, -0.1) is 0 Å². The second-order valence-electron chi connectivity index (χ2n) is 5.04. The third-order valence-corrected chi connectivity index (χ3v) is 4.08. The third-order valence-electron chi connectivity index (χ3n) is 3.76. The van der Waals surface area contributed by atoms with E-state index in [0.29, 0.717) is 12.0 Å². The van der Waals surface area contributed by atoms with Gasteiger partial charge in [-0.3, -0.25) is 9.58 Å². The molecule has 2 heterocycles. The Hall–Kier alpha value is -0.580. The van der Waals surface area contributed by atoms with Crippen molar-refractivity contribution in [3.8, 4) is 0 Å². The molecule has 0 spiro atoms. The fourth-order valence-electron chi connectivity index (χ4n) is 2.46. The van der Waals surface area contributed by atoms with Crippen LogP contribution in [0.3, 0.4) is 0 Å². The van der Waals surface area contributed by atoms with Gasteiger partial charge in [-0.05, 0) is 38.8 Å².